The Morgan fingerprint density at radius 3 is 2.82 bits per heavy atom. The third kappa shape index (κ3) is 4.14. The van der Waals surface area contributed by atoms with Gasteiger partial charge in [-0.1, -0.05) is 6.08 Å². The Morgan fingerprint density at radius 1 is 1.03 bits per heavy atom. The highest BCUT2D eigenvalue weighted by molar-refractivity contribution is 5.88. The van der Waals surface area contributed by atoms with E-state index in [-0.39, 0.29) is 12.4 Å². The van der Waals surface area contributed by atoms with Crippen LogP contribution in [-0.4, -0.2) is 42.6 Å². The minimum Gasteiger partial charge on any atom is -0.457 e. The SMILES string of the molecule is Cc1cc(Nc2ncnc3ccc(C4=CCNC4)nc23)ccc1Oc1ccn2ncnc2c1.Cl. The van der Waals surface area contributed by atoms with Crippen LogP contribution in [0.2, 0.25) is 0 Å². The molecule has 0 saturated carbocycles. The third-order valence-corrected chi connectivity index (χ3v) is 5.54. The summed E-state index contributed by atoms with van der Waals surface area (Å²) in [4.78, 5) is 17.8. The lowest BCUT2D eigenvalue weighted by molar-refractivity contribution is 0.478. The number of pyridine rings is 2. The number of hydrogen-bond donors (Lipinski definition) is 2. The van der Waals surface area contributed by atoms with E-state index in [9.17, 15) is 0 Å². The van der Waals surface area contributed by atoms with Crippen molar-refractivity contribution in [1.29, 1.82) is 0 Å². The van der Waals surface area contributed by atoms with Gasteiger partial charge < -0.3 is 15.4 Å². The lowest BCUT2D eigenvalue weighted by Crippen LogP contribution is -2.08. The van der Waals surface area contributed by atoms with Gasteiger partial charge >= 0.3 is 0 Å². The lowest BCUT2D eigenvalue weighted by Gasteiger charge is -2.13. The predicted molar refractivity (Wildman–Crippen MR) is 133 cm³/mol. The molecule has 0 radical (unpaired) electrons. The van der Waals surface area contributed by atoms with Crippen molar-refractivity contribution in [3.05, 3.63) is 78.6 Å². The van der Waals surface area contributed by atoms with Crippen LogP contribution in [0.25, 0.3) is 22.3 Å². The molecule has 0 atom stereocenters. The molecule has 1 aromatic carbocycles. The zero-order valence-electron chi connectivity index (χ0n) is 18.3. The van der Waals surface area contributed by atoms with E-state index >= 15 is 0 Å². The molecule has 0 bridgehead atoms. The van der Waals surface area contributed by atoms with Crippen LogP contribution in [0.15, 0.2) is 67.4 Å². The molecule has 0 fully saturated rings. The van der Waals surface area contributed by atoms with Crippen molar-refractivity contribution < 1.29 is 4.74 Å². The molecule has 5 aromatic rings. The van der Waals surface area contributed by atoms with E-state index in [4.69, 9.17) is 9.72 Å². The van der Waals surface area contributed by atoms with E-state index in [1.165, 1.54) is 11.9 Å². The van der Waals surface area contributed by atoms with E-state index in [0.717, 1.165) is 52.5 Å². The molecular weight excluding hydrogens is 452 g/mol. The van der Waals surface area contributed by atoms with Gasteiger partial charge in [-0.2, -0.15) is 5.10 Å². The summed E-state index contributed by atoms with van der Waals surface area (Å²) in [7, 11) is 0. The summed E-state index contributed by atoms with van der Waals surface area (Å²) < 4.78 is 7.77. The summed E-state index contributed by atoms with van der Waals surface area (Å²) in [5.74, 6) is 2.13. The van der Waals surface area contributed by atoms with Crippen molar-refractivity contribution in [2.45, 2.75) is 6.92 Å². The molecular formula is C24H21ClN8O. The number of fused-ring (bicyclic) bond motifs is 2. The first-order chi connectivity index (χ1) is 16.2. The van der Waals surface area contributed by atoms with Gasteiger partial charge in [-0.3, -0.25) is 0 Å². The lowest BCUT2D eigenvalue weighted by atomic mass is 10.1. The van der Waals surface area contributed by atoms with Crippen molar-refractivity contribution in [1.82, 2.24) is 34.9 Å². The Morgan fingerprint density at radius 2 is 1.97 bits per heavy atom. The van der Waals surface area contributed by atoms with Gasteiger partial charge in [0.05, 0.1) is 11.2 Å². The Labute approximate surface area is 201 Å². The van der Waals surface area contributed by atoms with Gasteiger partial charge in [0.1, 0.15) is 29.7 Å². The second-order valence-corrected chi connectivity index (χ2v) is 7.78. The molecule has 0 spiro atoms. The fourth-order valence-corrected chi connectivity index (χ4v) is 3.85. The number of hydrogen-bond acceptors (Lipinski definition) is 8. The summed E-state index contributed by atoms with van der Waals surface area (Å²) in [6, 6.07) is 13.6. The van der Waals surface area contributed by atoms with Crippen LogP contribution >= 0.6 is 12.4 Å². The zero-order valence-corrected chi connectivity index (χ0v) is 19.1. The fraction of sp³-hybridized carbons (Fsp3) is 0.125. The van der Waals surface area contributed by atoms with Crippen LogP contribution in [0.4, 0.5) is 11.5 Å². The number of aryl methyl sites for hydroxylation is 1. The average molecular weight is 473 g/mol. The molecule has 2 N–H and O–H groups in total. The van der Waals surface area contributed by atoms with Crippen LogP contribution in [0.5, 0.6) is 11.5 Å². The van der Waals surface area contributed by atoms with Gasteiger partial charge in [-0.25, -0.2) is 24.5 Å². The van der Waals surface area contributed by atoms with Gasteiger partial charge in [0.2, 0.25) is 0 Å². The summed E-state index contributed by atoms with van der Waals surface area (Å²) >= 11 is 0. The molecule has 0 saturated heterocycles. The molecule has 9 nitrogen and oxygen atoms in total. The first-order valence-electron chi connectivity index (χ1n) is 10.6. The van der Waals surface area contributed by atoms with Gasteiger partial charge in [-0.15, -0.1) is 12.4 Å². The number of aromatic nitrogens is 6. The summed E-state index contributed by atoms with van der Waals surface area (Å²) in [5.41, 5.74) is 6.27. The largest absolute Gasteiger partial charge is 0.457 e. The Kier molecular flexibility index (Phi) is 5.79. The Bertz CT molecular complexity index is 1530. The maximum atomic E-state index is 6.08. The molecule has 0 amide bonds. The van der Waals surface area contributed by atoms with Crippen molar-refractivity contribution in [2.75, 3.05) is 18.4 Å². The maximum absolute atomic E-state index is 6.08. The standard InChI is InChI=1S/C24H20N8O.ClH/c1-15-10-17(2-5-21(15)33-18-7-9-32-22(11-18)27-14-29-32)30-24-23-20(26-13-28-24)4-3-19(31-23)16-6-8-25-12-16;/h2-7,9-11,13-14,25H,8,12H2,1H3,(H,26,28,30);1H. The highest BCUT2D eigenvalue weighted by Gasteiger charge is 2.12. The second kappa shape index (κ2) is 9.05. The van der Waals surface area contributed by atoms with Crippen LogP contribution < -0.4 is 15.4 Å². The quantitative estimate of drug-likeness (QED) is 0.390. The van der Waals surface area contributed by atoms with Gasteiger partial charge in [0.15, 0.2) is 11.5 Å². The van der Waals surface area contributed by atoms with E-state index in [1.54, 1.807) is 10.8 Å². The van der Waals surface area contributed by atoms with Crippen LogP contribution in [0, 0.1) is 6.92 Å². The molecule has 10 heteroatoms. The van der Waals surface area contributed by atoms with E-state index in [1.807, 2.05) is 55.6 Å². The van der Waals surface area contributed by atoms with E-state index in [2.05, 4.69) is 36.8 Å². The average Bonchev–Trinajstić information content (AvgIpc) is 3.53. The number of nitrogens with zero attached hydrogens (tertiary/aromatic N) is 6. The number of benzene rings is 1. The number of ether oxygens (including phenoxy) is 1. The fourth-order valence-electron chi connectivity index (χ4n) is 3.85. The molecule has 1 aliphatic rings. The number of nitrogens with one attached hydrogen (secondary N) is 2. The highest BCUT2D eigenvalue weighted by atomic mass is 35.5. The summed E-state index contributed by atoms with van der Waals surface area (Å²) in [6.07, 6.45) is 7.05. The monoisotopic (exact) mass is 472 g/mol. The number of anilines is 2. The van der Waals surface area contributed by atoms with E-state index < -0.39 is 0 Å². The number of rotatable bonds is 5. The maximum Gasteiger partial charge on any atom is 0.160 e. The first-order valence-corrected chi connectivity index (χ1v) is 10.6. The molecule has 6 rings (SSSR count). The topological polar surface area (TPSA) is 102 Å². The van der Waals surface area contributed by atoms with Gasteiger partial charge in [0.25, 0.3) is 0 Å². The minimum absolute atomic E-state index is 0. The molecule has 4 aromatic heterocycles. The Hall–Kier alpha value is -4.08. The zero-order chi connectivity index (χ0) is 22.2. The molecule has 0 unspecified atom stereocenters. The van der Waals surface area contributed by atoms with Crippen molar-refractivity contribution >= 4 is 46.2 Å². The first kappa shape index (κ1) is 21.7. The van der Waals surface area contributed by atoms with Crippen molar-refractivity contribution in [3.63, 3.8) is 0 Å². The molecule has 170 valence electrons. The van der Waals surface area contributed by atoms with Crippen LogP contribution in [0.3, 0.4) is 0 Å². The van der Waals surface area contributed by atoms with Gasteiger partial charge in [-0.05, 0) is 54.5 Å². The summed E-state index contributed by atoms with van der Waals surface area (Å²) in [5, 5.41) is 10.8. The molecule has 0 aliphatic carbocycles. The van der Waals surface area contributed by atoms with E-state index in [0.29, 0.717) is 11.6 Å². The Balaban J connectivity index is 0.00000241. The molecule has 1 aliphatic heterocycles. The molecule has 5 heterocycles. The molecule has 34 heavy (non-hydrogen) atoms. The number of halogens is 1. The minimum atomic E-state index is 0. The van der Waals surface area contributed by atoms with Crippen molar-refractivity contribution in [3.8, 4) is 11.5 Å². The summed E-state index contributed by atoms with van der Waals surface area (Å²) in [6.45, 7) is 3.69. The highest BCUT2D eigenvalue weighted by Crippen LogP contribution is 2.30. The van der Waals surface area contributed by atoms with Crippen molar-refractivity contribution in [2.24, 2.45) is 0 Å². The normalized spacial score (nSPS) is 13.0. The van der Waals surface area contributed by atoms with Crippen LogP contribution in [0.1, 0.15) is 11.3 Å². The predicted octanol–water partition coefficient (Wildman–Crippen LogP) is 4.32. The van der Waals surface area contributed by atoms with Crippen LogP contribution in [-0.2, 0) is 0 Å². The van der Waals surface area contributed by atoms with Gasteiger partial charge in [0, 0.05) is 31.0 Å². The third-order valence-electron chi connectivity index (χ3n) is 5.54. The second-order valence-electron chi connectivity index (χ2n) is 7.78. The smallest absolute Gasteiger partial charge is 0.160 e.